The summed E-state index contributed by atoms with van der Waals surface area (Å²) >= 11 is 0. The van der Waals surface area contributed by atoms with Gasteiger partial charge in [-0.1, -0.05) is 0 Å². The lowest BCUT2D eigenvalue weighted by molar-refractivity contribution is -0.136. The van der Waals surface area contributed by atoms with Crippen LogP contribution in [-0.2, 0) is 19.1 Å². The fourth-order valence-corrected chi connectivity index (χ4v) is 1.87. The smallest absolute Gasteiger partial charge is 0.249 e. The quantitative estimate of drug-likeness (QED) is 0.650. The molecule has 0 aliphatic carbocycles. The lowest BCUT2D eigenvalue weighted by Crippen LogP contribution is -2.48. The third-order valence-corrected chi connectivity index (χ3v) is 3.02. The molecule has 1 aliphatic heterocycles. The van der Waals surface area contributed by atoms with Crippen LogP contribution in [0.2, 0.25) is 0 Å². The van der Waals surface area contributed by atoms with E-state index < -0.39 is 12.1 Å². The Morgan fingerprint density at radius 2 is 2.26 bits per heavy atom. The number of carbonyl (C=O) groups excluding carboxylic acids is 2. The van der Waals surface area contributed by atoms with Gasteiger partial charge in [0.2, 0.25) is 11.8 Å². The lowest BCUT2D eigenvalue weighted by Gasteiger charge is -2.18. The predicted octanol–water partition coefficient (Wildman–Crippen LogP) is 0.213. The summed E-state index contributed by atoms with van der Waals surface area (Å²) in [7, 11) is 0. The third-order valence-electron chi connectivity index (χ3n) is 3.02. The molecule has 0 radical (unpaired) electrons. The molecule has 0 aromatic rings. The minimum Gasteiger partial charge on any atom is -0.379 e. The highest BCUT2D eigenvalue weighted by molar-refractivity contribution is 5.89. The first-order valence-electron chi connectivity index (χ1n) is 6.92. The van der Waals surface area contributed by atoms with Crippen molar-refractivity contribution in [3.8, 4) is 0 Å². The van der Waals surface area contributed by atoms with Crippen LogP contribution < -0.4 is 10.6 Å². The number of hydrogen-bond acceptors (Lipinski definition) is 4. The molecule has 1 fully saturated rings. The molecule has 0 saturated carbocycles. The van der Waals surface area contributed by atoms with Gasteiger partial charge in [0.1, 0.15) is 12.1 Å². The largest absolute Gasteiger partial charge is 0.379 e. The number of nitrogens with one attached hydrogen (secondary N) is 2. The monoisotopic (exact) mass is 272 g/mol. The molecule has 0 aromatic carbocycles. The summed E-state index contributed by atoms with van der Waals surface area (Å²) in [5, 5.41) is 5.52. The van der Waals surface area contributed by atoms with Gasteiger partial charge in [0.25, 0.3) is 0 Å². The molecule has 2 amide bonds. The van der Waals surface area contributed by atoms with Crippen LogP contribution in [0.25, 0.3) is 0 Å². The molecule has 0 unspecified atom stereocenters. The standard InChI is InChI=1S/C13H24N2O4/c1-3-18-8-9-19-10(2)12(16)15-11-6-4-5-7-14-13(11)17/h10-11H,3-9H2,1-2H3,(H,14,17)(H,15,16)/t10-,11+/m1/s1. The number of ether oxygens (including phenoxy) is 2. The molecule has 6 heteroatoms. The Morgan fingerprint density at radius 3 is 3.00 bits per heavy atom. The molecule has 0 aromatic heterocycles. The second-order valence-electron chi connectivity index (χ2n) is 4.56. The molecular weight excluding hydrogens is 248 g/mol. The highest BCUT2D eigenvalue weighted by Gasteiger charge is 2.24. The summed E-state index contributed by atoms with van der Waals surface area (Å²) in [6.45, 7) is 5.74. The van der Waals surface area contributed by atoms with E-state index in [0.717, 1.165) is 12.8 Å². The van der Waals surface area contributed by atoms with Crippen LogP contribution in [0.5, 0.6) is 0 Å². The molecule has 19 heavy (non-hydrogen) atoms. The summed E-state index contributed by atoms with van der Waals surface area (Å²) in [5.74, 6) is -0.356. The Labute approximate surface area is 114 Å². The normalized spacial score (nSPS) is 21.4. The maximum Gasteiger partial charge on any atom is 0.249 e. The topological polar surface area (TPSA) is 76.7 Å². The second-order valence-corrected chi connectivity index (χ2v) is 4.56. The van der Waals surface area contributed by atoms with Gasteiger partial charge in [-0.25, -0.2) is 0 Å². The zero-order valence-corrected chi connectivity index (χ0v) is 11.7. The van der Waals surface area contributed by atoms with Crippen LogP contribution >= 0.6 is 0 Å². The Bertz CT molecular complexity index is 296. The van der Waals surface area contributed by atoms with E-state index in [1.807, 2.05) is 6.92 Å². The van der Waals surface area contributed by atoms with Crippen LogP contribution in [0.3, 0.4) is 0 Å². The Kier molecular flexibility index (Phi) is 7.43. The summed E-state index contributed by atoms with van der Waals surface area (Å²) < 4.78 is 10.5. The first-order valence-corrected chi connectivity index (χ1v) is 6.92. The minimum absolute atomic E-state index is 0.104. The zero-order valence-electron chi connectivity index (χ0n) is 11.7. The van der Waals surface area contributed by atoms with Gasteiger partial charge in [-0.15, -0.1) is 0 Å². The molecule has 2 N–H and O–H groups in total. The molecule has 0 bridgehead atoms. The molecule has 1 aliphatic rings. The van der Waals surface area contributed by atoms with E-state index in [1.54, 1.807) is 6.92 Å². The van der Waals surface area contributed by atoms with Crippen molar-refractivity contribution in [1.29, 1.82) is 0 Å². The summed E-state index contributed by atoms with van der Waals surface area (Å²) in [6.07, 6.45) is 2.00. The van der Waals surface area contributed by atoms with Crippen LogP contribution in [-0.4, -0.2) is 50.3 Å². The minimum atomic E-state index is -0.573. The highest BCUT2D eigenvalue weighted by Crippen LogP contribution is 2.06. The van der Waals surface area contributed by atoms with Gasteiger partial charge in [-0.3, -0.25) is 9.59 Å². The van der Waals surface area contributed by atoms with Gasteiger partial charge in [0.15, 0.2) is 0 Å². The van der Waals surface area contributed by atoms with Gasteiger partial charge in [-0.05, 0) is 33.1 Å². The van der Waals surface area contributed by atoms with Crippen molar-refractivity contribution in [1.82, 2.24) is 10.6 Å². The third kappa shape index (κ3) is 6.02. The van der Waals surface area contributed by atoms with Crippen LogP contribution in [0, 0.1) is 0 Å². The van der Waals surface area contributed by atoms with Crippen molar-refractivity contribution >= 4 is 11.8 Å². The van der Waals surface area contributed by atoms with E-state index in [-0.39, 0.29) is 11.8 Å². The van der Waals surface area contributed by atoms with E-state index in [4.69, 9.17) is 9.47 Å². The van der Waals surface area contributed by atoms with Gasteiger partial charge >= 0.3 is 0 Å². The maximum absolute atomic E-state index is 11.9. The summed E-state index contributed by atoms with van der Waals surface area (Å²) in [5.41, 5.74) is 0. The summed E-state index contributed by atoms with van der Waals surface area (Å²) in [4.78, 5) is 23.6. The number of carbonyl (C=O) groups is 2. The van der Waals surface area contributed by atoms with Gasteiger partial charge < -0.3 is 20.1 Å². The van der Waals surface area contributed by atoms with E-state index >= 15 is 0 Å². The molecule has 0 spiro atoms. The molecule has 110 valence electrons. The van der Waals surface area contributed by atoms with Crippen LogP contribution in [0.15, 0.2) is 0 Å². The van der Waals surface area contributed by atoms with Crippen molar-refractivity contribution in [2.75, 3.05) is 26.4 Å². The average molecular weight is 272 g/mol. The highest BCUT2D eigenvalue weighted by atomic mass is 16.5. The number of hydrogen-bond donors (Lipinski definition) is 2. The fourth-order valence-electron chi connectivity index (χ4n) is 1.87. The zero-order chi connectivity index (χ0) is 14.1. The van der Waals surface area contributed by atoms with Crippen molar-refractivity contribution in [2.24, 2.45) is 0 Å². The van der Waals surface area contributed by atoms with E-state index in [2.05, 4.69) is 10.6 Å². The van der Waals surface area contributed by atoms with Gasteiger partial charge in [0, 0.05) is 13.2 Å². The molecular formula is C13H24N2O4. The molecule has 1 saturated heterocycles. The SMILES string of the molecule is CCOCCO[C@H](C)C(=O)N[C@H]1CCCCNC1=O. The average Bonchev–Trinajstić information content (AvgIpc) is 2.60. The van der Waals surface area contributed by atoms with Crippen LogP contribution in [0.4, 0.5) is 0 Å². The fraction of sp³-hybridized carbons (Fsp3) is 0.846. The Morgan fingerprint density at radius 1 is 1.47 bits per heavy atom. The van der Waals surface area contributed by atoms with Gasteiger partial charge in [-0.2, -0.15) is 0 Å². The van der Waals surface area contributed by atoms with E-state index in [9.17, 15) is 9.59 Å². The van der Waals surface area contributed by atoms with Crippen molar-refractivity contribution < 1.29 is 19.1 Å². The van der Waals surface area contributed by atoms with E-state index in [0.29, 0.717) is 32.8 Å². The number of rotatable bonds is 7. The van der Waals surface area contributed by atoms with Crippen LogP contribution in [0.1, 0.15) is 33.1 Å². The van der Waals surface area contributed by atoms with Crippen molar-refractivity contribution in [3.63, 3.8) is 0 Å². The Hall–Kier alpha value is -1.14. The van der Waals surface area contributed by atoms with E-state index in [1.165, 1.54) is 0 Å². The first-order chi connectivity index (χ1) is 9.15. The molecule has 1 rings (SSSR count). The first kappa shape index (κ1) is 15.9. The molecule has 6 nitrogen and oxygen atoms in total. The van der Waals surface area contributed by atoms with Gasteiger partial charge in [0.05, 0.1) is 13.2 Å². The molecule has 1 heterocycles. The van der Waals surface area contributed by atoms with Crippen molar-refractivity contribution in [3.05, 3.63) is 0 Å². The predicted molar refractivity (Wildman–Crippen MR) is 70.7 cm³/mol. The number of amides is 2. The second kappa shape index (κ2) is 8.87. The summed E-state index contributed by atoms with van der Waals surface area (Å²) in [6, 6.07) is -0.437. The molecule has 2 atom stereocenters. The van der Waals surface area contributed by atoms with Crippen molar-refractivity contribution in [2.45, 2.75) is 45.3 Å². The lowest BCUT2D eigenvalue weighted by atomic mass is 10.1. The Balaban J connectivity index is 2.29. The maximum atomic E-state index is 11.9.